The molecule has 2 aromatic heterocycles. The fraction of sp³-hybridized carbons (Fsp3) is 0. The molecule has 2 aromatic rings. The van der Waals surface area contributed by atoms with Crippen LogP contribution in [0.1, 0.15) is 4.11 Å². The van der Waals surface area contributed by atoms with Gasteiger partial charge < -0.3 is 0 Å². The van der Waals surface area contributed by atoms with Crippen molar-refractivity contribution >= 4 is 15.9 Å². The molecule has 0 bridgehead atoms. The van der Waals surface area contributed by atoms with Crippen LogP contribution in [0.2, 0.25) is 0 Å². The second-order valence-electron chi connectivity index (χ2n) is 2.09. The number of hydrogen-bond donors (Lipinski definition) is 0. The maximum atomic E-state index is 7.56. The normalized spacial score (nSPS) is 13.6. The van der Waals surface area contributed by atoms with Gasteiger partial charge >= 0.3 is 0 Å². The van der Waals surface area contributed by atoms with Crippen LogP contribution in [-0.2, 0) is 0 Å². The fourth-order valence-electron chi connectivity index (χ4n) is 0.796. The fourth-order valence-corrected chi connectivity index (χ4v) is 1.12. The predicted molar refractivity (Wildman–Crippen MR) is 49.1 cm³/mol. The molecular weight excluding hydrogens is 218 g/mol. The molecule has 3 nitrogen and oxygen atoms in total. The summed E-state index contributed by atoms with van der Waals surface area (Å²) >= 11 is 3.27. The van der Waals surface area contributed by atoms with Crippen LogP contribution in [-0.4, -0.2) is 14.8 Å². The molecule has 0 spiro atoms. The van der Waals surface area contributed by atoms with Crippen molar-refractivity contribution in [3.05, 3.63) is 41.2 Å². The van der Waals surface area contributed by atoms with E-state index in [1.165, 1.54) is 0 Å². The number of aromatic nitrogens is 3. The standard InChI is InChI=1S/C8H6BrN3/c9-7-2-4-10-8(6-7)12-5-1-3-11-12/h1-6H/i1D,3D,5D. The van der Waals surface area contributed by atoms with Crippen molar-refractivity contribution in [1.29, 1.82) is 0 Å². The number of pyridine rings is 1. The minimum atomic E-state index is -0.221. The Labute approximate surface area is 82.4 Å². The summed E-state index contributed by atoms with van der Waals surface area (Å²) in [7, 11) is 0. The van der Waals surface area contributed by atoms with E-state index in [0.29, 0.717) is 5.82 Å². The zero-order chi connectivity index (χ0) is 11.0. The summed E-state index contributed by atoms with van der Waals surface area (Å²) in [5.41, 5.74) is 0. The first kappa shape index (κ1) is 4.77. The smallest absolute Gasteiger partial charge is 0.154 e. The van der Waals surface area contributed by atoms with Crippen molar-refractivity contribution in [2.75, 3.05) is 0 Å². The van der Waals surface area contributed by atoms with Gasteiger partial charge in [-0.2, -0.15) is 5.10 Å². The van der Waals surface area contributed by atoms with E-state index in [-0.39, 0.29) is 18.4 Å². The Morgan fingerprint density at radius 1 is 1.58 bits per heavy atom. The molecule has 0 aliphatic carbocycles. The lowest BCUT2D eigenvalue weighted by atomic mass is 10.5. The molecule has 0 N–H and O–H groups in total. The molecule has 0 fully saturated rings. The topological polar surface area (TPSA) is 30.7 Å². The summed E-state index contributed by atoms with van der Waals surface area (Å²) in [5, 5.41) is 3.75. The molecule has 0 amide bonds. The SMILES string of the molecule is [2H]c1nn(-c2cc(Br)ccn2)c([2H])c1[2H]. The van der Waals surface area contributed by atoms with Gasteiger partial charge in [0.15, 0.2) is 5.82 Å². The van der Waals surface area contributed by atoms with Crippen LogP contribution in [0.25, 0.3) is 5.82 Å². The minimum Gasteiger partial charge on any atom is -0.237 e. The maximum Gasteiger partial charge on any atom is 0.154 e. The first-order valence-electron chi connectivity index (χ1n) is 4.74. The Morgan fingerprint density at radius 3 is 3.17 bits per heavy atom. The predicted octanol–water partition coefficient (Wildman–Crippen LogP) is 2.03. The summed E-state index contributed by atoms with van der Waals surface area (Å²) in [6.07, 6.45) is 1.21. The Kier molecular flexibility index (Phi) is 1.22. The minimum absolute atomic E-state index is 0.134. The van der Waals surface area contributed by atoms with Crippen LogP contribution >= 0.6 is 15.9 Å². The van der Waals surface area contributed by atoms with Gasteiger partial charge in [0, 0.05) is 23.0 Å². The number of nitrogens with zero attached hydrogens (tertiary/aromatic N) is 3. The third kappa shape index (κ3) is 1.38. The van der Waals surface area contributed by atoms with Crippen molar-refractivity contribution < 1.29 is 4.11 Å². The number of rotatable bonds is 1. The van der Waals surface area contributed by atoms with Gasteiger partial charge in [-0.1, -0.05) is 15.9 Å². The highest BCUT2D eigenvalue weighted by molar-refractivity contribution is 9.10. The van der Waals surface area contributed by atoms with Crippen LogP contribution in [0, 0.1) is 0 Å². The molecule has 0 aromatic carbocycles. The Hall–Kier alpha value is -1.16. The van der Waals surface area contributed by atoms with E-state index in [0.717, 1.165) is 9.15 Å². The van der Waals surface area contributed by atoms with Crippen molar-refractivity contribution in [3.8, 4) is 5.82 Å². The van der Waals surface area contributed by atoms with E-state index in [1.807, 2.05) is 0 Å². The van der Waals surface area contributed by atoms with Gasteiger partial charge in [-0.05, 0) is 18.2 Å². The lowest BCUT2D eigenvalue weighted by molar-refractivity contribution is 0.846. The van der Waals surface area contributed by atoms with Gasteiger partial charge in [0.25, 0.3) is 0 Å². The second-order valence-corrected chi connectivity index (χ2v) is 3.01. The highest BCUT2D eigenvalue weighted by Crippen LogP contribution is 2.11. The summed E-state index contributed by atoms with van der Waals surface area (Å²) in [6, 6.07) is 3.22. The van der Waals surface area contributed by atoms with Crippen molar-refractivity contribution in [2.45, 2.75) is 0 Å². The van der Waals surface area contributed by atoms with Gasteiger partial charge in [0.2, 0.25) is 0 Å². The van der Waals surface area contributed by atoms with E-state index in [9.17, 15) is 0 Å². The van der Waals surface area contributed by atoms with Gasteiger partial charge in [-0.15, -0.1) is 0 Å². The summed E-state index contributed by atoms with van der Waals surface area (Å²) in [6.45, 7) is 0. The van der Waals surface area contributed by atoms with Gasteiger partial charge in [-0.25, -0.2) is 9.67 Å². The number of halogens is 1. The molecule has 0 saturated carbocycles. The molecule has 2 heterocycles. The van der Waals surface area contributed by atoms with E-state index in [2.05, 4.69) is 26.0 Å². The molecular formula is C8H6BrN3. The molecule has 0 aliphatic rings. The first-order valence-corrected chi connectivity index (χ1v) is 4.03. The quantitative estimate of drug-likeness (QED) is 0.746. The third-order valence-corrected chi connectivity index (χ3v) is 1.79. The molecule has 0 aliphatic heterocycles. The van der Waals surface area contributed by atoms with Gasteiger partial charge in [0.05, 0.1) is 4.11 Å². The van der Waals surface area contributed by atoms with Crippen LogP contribution in [0.4, 0.5) is 0 Å². The Balaban J connectivity index is 2.59. The molecule has 60 valence electrons. The van der Waals surface area contributed by atoms with Gasteiger partial charge in [0.1, 0.15) is 0 Å². The average Bonchev–Trinajstić information content (AvgIpc) is 2.46. The van der Waals surface area contributed by atoms with Crippen LogP contribution in [0.3, 0.4) is 0 Å². The Morgan fingerprint density at radius 2 is 2.50 bits per heavy atom. The Bertz CT molecular complexity index is 512. The molecule has 0 saturated heterocycles. The molecule has 0 unspecified atom stereocenters. The largest absolute Gasteiger partial charge is 0.237 e. The highest BCUT2D eigenvalue weighted by Gasteiger charge is 1.96. The van der Waals surface area contributed by atoms with Crippen LogP contribution < -0.4 is 0 Å². The highest BCUT2D eigenvalue weighted by atomic mass is 79.9. The first-order chi connectivity index (χ1) is 7.09. The maximum absolute atomic E-state index is 7.56. The molecule has 4 heteroatoms. The molecule has 2 rings (SSSR count). The molecule has 12 heavy (non-hydrogen) atoms. The zero-order valence-electron chi connectivity index (χ0n) is 8.95. The van der Waals surface area contributed by atoms with E-state index >= 15 is 0 Å². The van der Waals surface area contributed by atoms with Crippen LogP contribution in [0.5, 0.6) is 0 Å². The van der Waals surface area contributed by atoms with E-state index in [4.69, 9.17) is 4.11 Å². The zero-order valence-corrected chi connectivity index (χ0v) is 7.54. The van der Waals surface area contributed by atoms with E-state index < -0.39 is 0 Å². The van der Waals surface area contributed by atoms with Gasteiger partial charge in [-0.3, -0.25) is 0 Å². The third-order valence-electron chi connectivity index (χ3n) is 1.29. The summed E-state index contributed by atoms with van der Waals surface area (Å²) < 4.78 is 24.2. The second kappa shape index (κ2) is 3.06. The van der Waals surface area contributed by atoms with Crippen molar-refractivity contribution in [3.63, 3.8) is 0 Å². The number of hydrogen-bond acceptors (Lipinski definition) is 2. The van der Waals surface area contributed by atoms with Crippen LogP contribution in [0.15, 0.2) is 41.2 Å². The summed E-state index contributed by atoms with van der Waals surface area (Å²) in [4.78, 5) is 4.01. The summed E-state index contributed by atoms with van der Waals surface area (Å²) in [5.74, 6) is 0.418. The molecule has 0 radical (unpaired) electrons. The monoisotopic (exact) mass is 226 g/mol. The lowest BCUT2D eigenvalue weighted by Gasteiger charge is -1.98. The van der Waals surface area contributed by atoms with Crippen molar-refractivity contribution in [1.82, 2.24) is 14.8 Å². The van der Waals surface area contributed by atoms with Crippen molar-refractivity contribution in [2.24, 2.45) is 0 Å². The lowest BCUT2D eigenvalue weighted by Crippen LogP contribution is -1.96. The molecule has 0 atom stereocenters. The average molecular weight is 227 g/mol. The van der Waals surface area contributed by atoms with E-state index in [1.54, 1.807) is 18.3 Å².